The van der Waals surface area contributed by atoms with Gasteiger partial charge in [-0.2, -0.15) is 4.31 Å². The van der Waals surface area contributed by atoms with Crippen molar-refractivity contribution in [2.75, 3.05) is 19.6 Å². The fourth-order valence-corrected chi connectivity index (χ4v) is 7.47. The summed E-state index contributed by atoms with van der Waals surface area (Å²) >= 11 is 7.22. The highest BCUT2D eigenvalue weighted by Gasteiger charge is 2.37. The maximum absolute atomic E-state index is 13.3. The molecule has 4 aromatic rings. The van der Waals surface area contributed by atoms with Crippen molar-refractivity contribution in [1.29, 1.82) is 0 Å². The van der Waals surface area contributed by atoms with Crippen LogP contribution in [0.4, 0.5) is 0 Å². The lowest BCUT2D eigenvalue weighted by molar-refractivity contribution is -0.114. The van der Waals surface area contributed by atoms with E-state index < -0.39 is 22.2 Å². The van der Waals surface area contributed by atoms with Gasteiger partial charge in [-0.15, -0.1) is 11.3 Å². The van der Waals surface area contributed by atoms with Crippen LogP contribution in [0.5, 0.6) is 0 Å². The molecule has 2 aromatic carbocycles. The summed E-state index contributed by atoms with van der Waals surface area (Å²) in [4.78, 5) is 18.0. The van der Waals surface area contributed by atoms with Crippen LogP contribution in [-0.2, 0) is 14.8 Å². The molecule has 0 amide bonds. The van der Waals surface area contributed by atoms with Gasteiger partial charge >= 0.3 is 0 Å². The molecule has 5 rings (SSSR count). The molecule has 0 bridgehead atoms. The van der Waals surface area contributed by atoms with Gasteiger partial charge in [0, 0.05) is 47.1 Å². The number of hydrogen-bond donors (Lipinski definition) is 1. The van der Waals surface area contributed by atoms with Crippen molar-refractivity contribution in [2.24, 2.45) is 5.73 Å². The molecule has 1 aliphatic rings. The van der Waals surface area contributed by atoms with Gasteiger partial charge < -0.3 is 10.5 Å². The third-order valence-corrected chi connectivity index (χ3v) is 9.65. The zero-order chi connectivity index (χ0) is 23.2. The minimum absolute atomic E-state index is 0.0453. The van der Waals surface area contributed by atoms with Crippen LogP contribution in [0.1, 0.15) is 11.7 Å². The number of pyridine rings is 1. The van der Waals surface area contributed by atoms with E-state index >= 15 is 0 Å². The Morgan fingerprint density at radius 1 is 1.09 bits per heavy atom. The number of hydrogen-bond acceptors (Lipinski definition) is 7. The number of halogens is 1. The molecular weight excluding hydrogens is 480 g/mol. The lowest BCUT2D eigenvalue weighted by Gasteiger charge is -2.41. The number of benzene rings is 2. The highest BCUT2D eigenvalue weighted by molar-refractivity contribution is 7.91. The third-order valence-electron chi connectivity index (χ3n) is 6.00. The first kappa shape index (κ1) is 22.4. The fourth-order valence-electron chi connectivity index (χ4n) is 4.20. The number of fused-ring (bicyclic) bond motifs is 2. The molecule has 1 saturated heterocycles. The molecule has 10 heteroatoms. The van der Waals surface area contributed by atoms with E-state index in [1.807, 2.05) is 29.2 Å². The number of nitrogens with two attached hydrogens (primary N) is 1. The van der Waals surface area contributed by atoms with Gasteiger partial charge in [-0.1, -0.05) is 29.8 Å². The molecule has 0 aliphatic carbocycles. The number of aromatic nitrogens is 1. The van der Waals surface area contributed by atoms with E-state index in [2.05, 4.69) is 4.98 Å². The van der Waals surface area contributed by atoms with Crippen molar-refractivity contribution in [3.63, 3.8) is 0 Å². The first-order chi connectivity index (χ1) is 15.9. The minimum atomic E-state index is -3.75. The van der Waals surface area contributed by atoms with E-state index in [-0.39, 0.29) is 17.3 Å². The molecule has 33 heavy (non-hydrogen) atoms. The lowest BCUT2D eigenvalue weighted by Crippen LogP contribution is -2.57. The van der Waals surface area contributed by atoms with E-state index in [1.165, 1.54) is 15.6 Å². The first-order valence-corrected chi connectivity index (χ1v) is 13.0. The van der Waals surface area contributed by atoms with Gasteiger partial charge in [0.2, 0.25) is 0 Å². The number of carbonyl (C=O) groups is 1. The van der Waals surface area contributed by atoms with Gasteiger partial charge in [-0.05, 0) is 46.7 Å². The summed E-state index contributed by atoms with van der Waals surface area (Å²) in [6.07, 6.45) is 3.73. The van der Waals surface area contributed by atoms with E-state index in [4.69, 9.17) is 17.3 Å². The first-order valence-electron chi connectivity index (χ1n) is 10.4. The Morgan fingerprint density at radius 3 is 2.73 bits per heavy atom. The second kappa shape index (κ2) is 8.75. The predicted molar refractivity (Wildman–Crippen MR) is 131 cm³/mol. The summed E-state index contributed by atoms with van der Waals surface area (Å²) in [5.41, 5.74) is 7.37. The molecular formula is C23H21ClN4O3S2. The molecule has 3 heterocycles. The Labute approximate surface area is 200 Å². The summed E-state index contributed by atoms with van der Waals surface area (Å²) in [6.45, 7) is 0.625. The summed E-state index contributed by atoms with van der Waals surface area (Å²) in [5, 5.41) is 3.38. The SMILES string of the molecule is NC(c1ccc2ccncc2c1)N1CCN(S(=O)(=O)c2cc3ccc(Cl)cc3s2)CC1C=O. The van der Waals surface area contributed by atoms with E-state index in [1.54, 1.807) is 36.7 Å². The van der Waals surface area contributed by atoms with Crippen molar-refractivity contribution in [3.8, 4) is 0 Å². The smallest absolute Gasteiger partial charge is 0.252 e. The largest absolute Gasteiger partial charge is 0.312 e. The Morgan fingerprint density at radius 2 is 1.91 bits per heavy atom. The minimum Gasteiger partial charge on any atom is -0.312 e. The molecule has 170 valence electrons. The van der Waals surface area contributed by atoms with Crippen LogP contribution in [-0.4, -0.2) is 54.6 Å². The summed E-state index contributed by atoms with van der Waals surface area (Å²) in [6, 6.07) is 14.1. The molecule has 0 spiro atoms. The van der Waals surface area contributed by atoms with E-state index in [9.17, 15) is 13.2 Å². The highest BCUT2D eigenvalue weighted by atomic mass is 35.5. The zero-order valence-corrected chi connectivity index (χ0v) is 19.9. The Balaban J connectivity index is 1.38. The Hall–Kier alpha value is -2.40. The van der Waals surface area contributed by atoms with Crippen LogP contribution in [0.2, 0.25) is 5.02 Å². The monoisotopic (exact) mass is 500 g/mol. The van der Waals surface area contributed by atoms with Crippen molar-refractivity contribution in [3.05, 3.63) is 71.5 Å². The van der Waals surface area contributed by atoms with Gasteiger partial charge in [-0.25, -0.2) is 8.42 Å². The van der Waals surface area contributed by atoms with Gasteiger partial charge in [0.1, 0.15) is 10.5 Å². The fraction of sp³-hybridized carbons (Fsp3) is 0.217. The quantitative estimate of drug-likeness (QED) is 0.420. The van der Waals surface area contributed by atoms with Crippen LogP contribution < -0.4 is 5.73 Å². The number of nitrogens with zero attached hydrogens (tertiary/aromatic N) is 3. The van der Waals surface area contributed by atoms with E-state index in [0.717, 1.165) is 32.7 Å². The Bertz CT molecular complexity index is 1460. The summed E-state index contributed by atoms with van der Waals surface area (Å²) < 4.78 is 29.1. The maximum atomic E-state index is 13.3. The Kier molecular flexibility index (Phi) is 5.94. The average Bonchev–Trinajstić information content (AvgIpc) is 3.27. The zero-order valence-electron chi connectivity index (χ0n) is 17.5. The second-order valence-corrected chi connectivity index (χ2v) is 11.7. The van der Waals surface area contributed by atoms with Gasteiger partial charge in [-0.3, -0.25) is 9.88 Å². The van der Waals surface area contributed by atoms with Crippen LogP contribution in [0.25, 0.3) is 20.9 Å². The lowest BCUT2D eigenvalue weighted by atomic mass is 10.0. The van der Waals surface area contributed by atoms with Crippen molar-refractivity contribution < 1.29 is 13.2 Å². The molecule has 2 unspecified atom stereocenters. The third kappa shape index (κ3) is 4.16. The van der Waals surface area contributed by atoms with Crippen LogP contribution in [0.3, 0.4) is 0 Å². The highest BCUT2D eigenvalue weighted by Crippen LogP contribution is 2.34. The summed E-state index contributed by atoms with van der Waals surface area (Å²) in [5.74, 6) is 0. The van der Waals surface area contributed by atoms with Crippen LogP contribution >= 0.6 is 22.9 Å². The number of carbonyl (C=O) groups excluding carboxylic acids is 1. The van der Waals surface area contributed by atoms with Crippen LogP contribution in [0, 0.1) is 0 Å². The second-order valence-electron chi connectivity index (χ2n) is 7.98. The van der Waals surface area contributed by atoms with Gasteiger partial charge in [0.05, 0.1) is 12.2 Å². The topological polar surface area (TPSA) is 96.6 Å². The predicted octanol–water partition coefficient (Wildman–Crippen LogP) is 3.63. The average molecular weight is 501 g/mol. The number of thiophene rings is 1. The molecule has 0 saturated carbocycles. The molecule has 1 fully saturated rings. The summed E-state index contributed by atoms with van der Waals surface area (Å²) in [7, 11) is -3.75. The van der Waals surface area contributed by atoms with Crippen LogP contribution in [0.15, 0.2) is 65.1 Å². The molecule has 7 nitrogen and oxygen atoms in total. The molecule has 2 atom stereocenters. The number of aldehydes is 1. The standard InChI is InChI=1S/C23H21ClN4O3S2/c24-19-4-3-16-10-22(32-21(16)11-19)33(30,31)27-7-8-28(20(13-27)14-29)23(25)17-2-1-15-5-6-26-12-18(15)9-17/h1-6,9-12,14,20,23H,7-8,13,25H2. The van der Waals surface area contributed by atoms with Crippen molar-refractivity contribution >= 4 is 60.1 Å². The van der Waals surface area contributed by atoms with Crippen molar-refractivity contribution in [2.45, 2.75) is 16.4 Å². The molecule has 0 radical (unpaired) electrons. The normalized spacial score (nSPS) is 19.2. The number of sulfonamides is 1. The number of rotatable bonds is 5. The maximum Gasteiger partial charge on any atom is 0.252 e. The van der Waals surface area contributed by atoms with Gasteiger partial charge in [0.25, 0.3) is 10.0 Å². The van der Waals surface area contributed by atoms with Crippen molar-refractivity contribution in [1.82, 2.24) is 14.2 Å². The van der Waals surface area contributed by atoms with Gasteiger partial charge in [0.15, 0.2) is 0 Å². The molecule has 2 aromatic heterocycles. The molecule has 1 aliphatic heterocycles. The van der Waals surface area contributed by atoms with E-state index in [0.29, 0.717) is 11.6 Å². The number of piperazine rings is 1. The molecule has 2 N–H and O–H groups in total.